The van der Waals surface area contributed by atoms with E-state index in [2.05, 4.69) is 11.8 Å². The van der Waals surface area contributed by atoms with E-state index in [1.54, 1.807) is 6.07 Å². The molecule has 1 aromatic heterocycles. The average Bonchev–Trinajstić information content (AvgIpc) is 3.05. The normalized spacial score (nSPS) is 10.1. The van der Waals surface area contributed by atoms with Gasteiger partial charge < -0.3 is 24.5 Å². The van der Waals surface area contributed by atoms with Crippen LogP contribution in [0.25, 0.3) is 0 Å². The van der Waals surface area contributed by atoms with Gasteiger partial charge in [-0.15, -0.1) is 29.4 Å². The summed E-state index contributed by atoms with van der Waals surface area (Å²) < 4.78 is 12.1. The van der Waals surface area contributed by atoms with Crippen LogP contribution in [-0.2, 0) is 0 Å². The molecule has 0 saturated carbocycles. The van der Waals surface area contributed by atoms with Gasteiger partial charge in [0.2, 0.25) is 11.8 Å². The largest absolute Gasteiger partial charge is 0.493 e. The van der Waals surface area contributed by atoms with Gasteiger partial charge in [-0.05, 0) is 37.8 Å². The third-order valence-electron chi connectivity index (χ3n) is 4.06. The number of hydrogen-bond acceptors (Lipinski definition) is 6. The van der Waals surface area contributed by atoms with E-state index in [0.717, 1.165) is 25.7 Å². The predicted molar refractivity (Wildman–Crippen MR) is 111 cm³/mol. The average molecular weight is 411 g/mol. The van der Waals surface area contributed by atoms with Crippen molar-refractivity contribution in [3.8, 4) is 47.9 Å². The number of aromatic nitrogens is 1. The molecule has 30 heavy (non-hydrogen) atoms. The van der Waals surface area contributed by atoms with Crippen LogP contribution in [0, 0.1) is 24.7 Å². The molecule has 0 bridgehead atoms. The van der Waals surface area contributed by atoms with Crippen molar-refractivity contribution in [2.75, 3.05) is 13.2 Å². The van der Waals surface area contributed by atoms with Crippen LogP contribution in [0.3, 0.4) is 0 Å². The Hall–Kier alpha value is -3.71. The van der Waals surface area contributed by atoms with Crippen molar-refractivity contribution in [2.45, 2.75) is 38.5 Å². The lowest BCUT2D eigenvalue weighted by atomic mass is 10.2. The molecule has 0 aliphatic rings. The number of benzene rings is 1. The van der Waals surface area contributed by atoms with Gasteiger partial charge in [0.15, 0.2) is 0 Å². The monoisotopic (exact) mass is 411 g/mol. The number of hydrogen-bond donors (Lipinski definition) is 2. The number of carbonyl (C=O) groups excluding carboxylic acids is 1. The number of rotatable bonds is 12. The zero-order chi connectivity index (χ0) is 21.8. The van der Waals surface area contributed by atoms with Crippen molar-refractivity contribution in [3.63, 3.8) is 0 Å². The second-order valence-electron chi connectivity index (χ2n) is 6.44. The molecule has 0 saturated heterocycles. The third kappa shape index (κ3) is 7.03. The first-order valence-electron chi connectivity index (χ1n) is 9.65. The number of terminal acetylenes is 2. The van der Waals surface area contributed by atoms with E-state index >= 15 is 0 Å². The Morgan fingerprint density at radius 1 is 0.867 bits per heavy atom. The molecule has 2 N–H and O–H groups in total. The van der Waals surface area contributed by atoms with Crippen molar-refractivity contribution in [2.24, 2.45) is 0 Å². The summed E-state index contributed by atoms with van der Waals surface area (Å²) >= 11 is 0. The number of nitrogens with zero attached hydrogens (tertiary/aromatic N) is 1. The number of unbranched alkanes of at least 4 members (excludes halogenated alkanes) is 4. The third-order valence-corrected chi connectivity index (χ3v) is 4.06. The molecule has 1 heterocycles. The summed E-state index contributed by atoms with van der Waals surface area (Å²) in [7, 11) is 0. The van der Waals surface area contributed by atoms with Crippen molar-refractivity contribution >= 4 is 5.97 Å². The molecule has 2 rings (SSSR count). The van der Waals surface area contributed by atoms with Crippen LogP contribution in [0.4, 0.5) is 0 Å². The van der Waals surface area contributed by atoms with Gasteiger partial charge in [0.25, 0.3) is 0 Å². The van der Waals surface area contributed by atoms with Crippen LogP contribution in [0.15, 0.2) is 30.3 Å². The molecule has 0 unspecified atom stereocenters. The lowest BCUT2D eigenvalue weighted by Crippen LogP contribution is -2.19. The van der Waals surface area contributed by atoms with Crippen LogP contribution >= 0.6 is 0 Å². The van der Waals surface area contributed by atoms with E-state index in [1.165, 1.54) is 24.3 Å². The van der Waals surface area contributed by atoms with Crippen molar-refractivity contribution in [1.29, 1.82) is 0 Å². The lowest BCUT2D eigenvalue weighted by Gasteiger charge is -2.12. The van der Waals surface area contributed by atoms with Crippen molar-refractivity contribution in [1.82, 2.24) is 4.73 Å². The van der Waals surface area contributed by atoms with Crippen molar-refractivity contribution in [3.05, 3.63) is 35.9 Å². The molecular weight excluding hydrogens is 386 g/mol. The zero-order valence-electron chi connectivity index (χ0n) is 16.7. The summed E-state index contributed by atoms with van der Waals surface area (Å²) in [6.07, 6.45) is 15.0. The second kappa shape index (κ2) is 12.0. The standard InChI is InChI=1S/C23H25NO6/c1-3-5-7-9-13-28-19-15-18(16-20(17-19)29-14-10-8-6-4-2)23(27)30-24-21(25)11-12-22(24)26/h1-2,11-12,15-17,25-26H,5-10,13-14H2. The van der Waals surface area contributed by atoms with Gasteiger partial charge in [-0.2, -0.15) is 0 Å². The van der Waals surface area contributed by atoms with Gasteiger partial charge >= 0.3 is 5.97 Å². The molecule has 0 fully saturated rings. The van der Waals surface area contributed by atoms with Crippen LogP contribution in [0.1, 0.15) is 48.9 Å². The number of aromatic hydroxyl groups is 2. The van der Waals surface area contributed by atoms with E-state index in [-0.39, 0.29) is 5.56 Å². The minimum Gasteiger partial charge on any atom is -0.493 e. The Morgan fingerprint density at radius 2 is 1.37 bits per heavy atom. The fourth-order valence-corrected chi connectivity index (χ4v) is 2.53. The maximum atomic E-state index is 12.5. The molecule has 7 heteroatoms. The molecule has 1 aromatic carbocycles. The zero-order valence-corrected chi connectivity index (χ0v) is 16.7. The highest BCUT2D eigenvalue weighted by Gasteiger charge is 2.16. The molecule has 0 spiro atoms. The smallest absolute Gasteiger partial charge is 0.364 e. The first-order chi connectivity index (χ1) is 14.5. The number of carbonyl (C=O) groups is 1. The van der Waals surface area contributed by atoms with E-state index in [1.807, 2.05) is 0 Å². The highest BCUT2D eigenvalue weighted by Crippen LogP contribution is 2.25. The Morgan fingerprint density at radius 3 is 1.83 bits per heavy atom. The molecule has 0 aliphatic carbocycles. The summed E-state index contributed by atoms with van der Waals surface area (Å²) in [6, 6.07) is 7.09. The number of ether oxygens (including phenoxy) is 2. The van der Waals surface area contributed by atoms with Crippen LogP contribution < -0.4 is 14.3 Å². The lowest BCUT2D eigenvalue weighted by molar-refractivity contribution is 0.0381. The van der Waals surface area contributed by atoms with Gasteiger partial charge in [0.05, 0.1) is 18.8 Å². The molecule has 0 atom stereocenters. The fraction of sp³-hybridized carbons (Fsp3) is 0.348. The van der Waals surface area contributed by atoms with Gasteiger partial charge in [-0.1, -0.05) is 0 Å². The Balaban J connectivity index is 2.10. The van der Waals surface area contributed by atoms with Crippen molar-refractivity contribution < 1.29 is 29.3 Å². The summed E-state index contributed by atoms with van der Waals surface area (Å²) in [4.78, 5) is 17.6. The highest BCUT2D eigenvalue weighted by atomic mass is 16.7. The highest BCUT2D eigenvalue weighted by molar-refractivity contribution is 5.90. The van der Waals surface area contributed by atoms with E-state index in [9.17, 15) is 15.0 Å². The molecule has 0 amide bonds. The van der Waals surface area contributed by atoms with Crippen LogP contribution in [-0.4, -0.2) is 34.1 Å². The SMILES string of the molecule is C#CCCCCOc1cc(OCCCCC#C)cc(C(=O)On2c(O)ccc2O)c1. The van der Waals surface area contributed by atoms with Crippen LogP contribution in [0.5, 0.6) is 23.3 Å². The summed E-state index contributed by atoms with van der Waals surface area (Å²) in [5.74, 6) is 4.40. The summed E-state index contributed by atoms with van der Waals surface area (Å²) in [5, 5.41) is 19.3. The Bertz CT molecular complexity index is 857. The molecule has 0 aliphatic heterocycles. The molecular formula is C23H25NO6. The minimum absolute atomic E-state index is 0.141. The van der Waals surface area contributed by atoms with Crippen LogP contribution in [0.2, 0.25) is 0 Å². The van der Waals surface area contributed by atoms with E-state index < -0.39 is 17.7 Å². The predicted octanol–water partition coefficient (Wildman–Crippen LogP) is 3.53. The Labute approximate surface area is 176 Å². The topological polar surface area (TPSA) is 90.2 Å². The minimum atomic E-state index is -0.799. The fourth-order valence-electron chi connectivity index (χ4n) is 2.53. The van der Waals surface area contributed by atoms with Gasteiger partial charge in [0.1, 0.15) is 11.5 Å². The maximum absolute atomic E-state index is 12.5. The van der Waals surface area contributed by atoms with Gasteiger partial charge in [-0.25, -0.2) is 4.79 Å². The molecule has 158 valence electrons. The molecule has 2 aromatic rings. The first kappa shape index (κ1) is 22.6. The molecule has 7 nitrogen and oxygen atoms in total. The second-order valence-corrected chi connectivity index (χ2v) is 6.44. The quantitative estimate of drug-likeness (QED) is 0.410. The van der Waals surface area contributed by atoms with Gasteiger partial charge in [0, 0.05) is 31.0 Å². The maximum Gasteiger partial charge on any atom is 0.364 e. The summed E-state index contributed by atoms with van der Waals surface area (Å²) in [6.45, 7) is 0.863. The Kier molecular flexibility index (Phi) is 9.02. The van der Waals surface area contributed by atoms with E-state index in [0.29, 0.717) is 42.3 Å². The summed E-state index contributed by atoms with van der Waals surface area (Å²) in [5.41, 5.74) is 0.141. The first-order valence-corrected chi connectivity index (χ1v) is 9.65. The molecule has 0 radical (unpaired) electrons. The van der Waals surface area contributed by atoms with Gasteiger partial charge in [-0.3, -0.25) is 0 Å². The van der Waals surface area contributed by atoms with E-state index in [4.69, 9.17) is 27.2 Å².